The van der Waals surface area contributed by atoms with Crippen LogP contribution in [0.15, 0.2) is 34.9 Å². The first kappa shape index (κ1) is 21.4. The van der Waals surface area contributed by atoms with Crippen molar-refractivity contribution in [3.63, 3.8) is 0 Å². The van der Waals surface area contributed by atoms with Gasteiger partial charge in [0.1, 0.15) is 0 Å². The van der Waals surface area contributed by atoms with Gasteiger partial charge in [0, 0.05) is 18.8 Å². The molecule has 1 saturated heterocycles. The first-order valence-corrected chi connectivity index (χ1v) is 10.4. The molecule has 1 aliphatic heterocycles. The lowest BCUT2D eigenvalue weighted by molar-refractivity contribution is -0.145. The number of halogens is 3. The molecule has 3 N–H and O–H groups in total. The van der Waals surface area contributed by atoms with Crippen molar-refractivity contribution in [3.8, 4) is 11.6 Å². The SMILES string of the molecule is Nc1nc(Nc2ccccc2)nc(-c2noc(N3C[C@@H]4C(COCCC(F)(F)F)[C@@H]4C3)n2)n1. The number of aromatic nitrogens is 5. The first-order chi connectivity index (χ1) is 15.9. The second-order valence-corrected chi connectivity index (χ2v) is 8.07. The van der Waals surface area contributed by atoms with E-state index < -0.39 is 12.6 Å². The van der Waals surface area contributed by atoms with Gasteiger partial charge in [0.15, 0.2) is 0 Å². The van der Waals surface area contributed by atoms with Crippen LogP contribution in [0, 0.1) is 17.8 Å². The molecule has 13 heteroatoms. The van der Waals surface area contributed by atoms with E-state index in [0.29, 0.717) is 37.5 Å². The van der Waals surface area contributed by atoms with E-state index in [1.165, 1.54) is 0 Å². The number of nitrogen functional groups attached to an aromatic ring is 1. The van der Waals surface area contributed by atoms with Crippen LogP contribution in [0.2, 0.25) is 0 Å². The number of nitrogens with one attached hydrogen (secondary N) is 1. The van der Waals surface area contributed by atoms with Crippen LogP contribution in [0.5, 0.6) is 0 Å². The second kappa shape index (κ2) is 8.46. The molecule has 2 aromatic heterocycles. The van der Waals surface area contributed by atoms with Crippen molar-refractivity contribution in [1.29, 1.82) is 0 Å². The fraction of sp³-hybridized carbons (Fsp3) is 0.450. The van der Waals surface area contributed by atoms with Crippen molar-refractivity contribution in [2.75, 3.05) is 42.3 Å². The van der Waals surface area contributed by atoms with Gasteiger partial charge in [-0.05, 0) is 29.9 Å². The van der Waals surface area contributed by atoms with Gasteiger partial charge in [-0.2, -0.15) is 33.1 Å². The molecule has 1 aromatic carbocycles. The number of fused-ring (bicyclic) bond motifs is 1. The van der Waals surface area contributed by atoms with E-state index in [9.17, 15) is 13.2 Å². The molecule has 3 atom stereocenters. The van der Waals surface area contributed by atoms with Crippen LogP contribution in [0.1, 0.15) is 6.42 Å². The summed E-state index contributed by atoms with van der Waals surface area (Å²) in [5.41, 5.74) is 6.61. The maximum atomic E-state index is 12.2. The summed E-state index contributed by atoms with van der Waals surface area (Å²) < 4.78 is 47.2. The summed E-state index contributed by atoms with van der Waals surface area (Å²) in [6.07, 6.45) is -5.11. The van der Waals surface area contributed by atoms with Crippen LogP contribution in [0.25, 0.3) is 11.6 Å². The Bertz CT molecular complexity index is 1100. The summed E-state index contributed by atoms with van der Waals surface area (Å²) in [4.78, 5) is 18.8. The van der Waals surface area contributed by atoms with E-state index in [1.54, 1.807) is 0 Å². The summed E-state index contributed by atoms with van der Waals surface area (Å²) in [5, 5.41) is 7.02. The van der Waals surface area contributed by atoms with E-state index in [2.05, 4.69) is 30.4 Å². The molecule has 10 nitrogen and oxygen atoms in total. The number of para-hydroxylation sites is 1. The molecule has 174 valence electrons. The standard InChI is InChI=1S/C20H21F3N8O2/c21-20(22,23)6-7-32-10-14-12-8-31(9-13(12)14)19-28-16(30-33-19)15-26-17(24)29-18(27-15)25-11-4-2-1-3-5-11/h1-5,12-14H,6-10H2,(H3,24,25,26,27,29)/t12-,13+,14?. The van der Waals surface area contributed by atoms with Gasteiger partial charge in [0.05, 0.1) is 19.6 Å². The maximum absolute atomic E-state index is 12.2. The lowest BCUT2D eigenvalue weighted by Gasteiger charge is -2.16. The fourth-order valence-corrected chi connectivity index (χ4v) is 4.09. The number of anilines is 4. The average molecular weight is 462 g/mol. The second-order valence-electron chi connectivity index (χ2n) is 8.07. The lowest BCUT2D eigenvalue weighted by atomic mass is 10.3. The van der Waals surface area contributed by atoms with Crippen LogP contribution < -0.4 is 16.0 Å². The molecule has 3 aromatic rings. The van der Waals surface area contributed by atoms with Crippen molar-refractivity contribution in [2.24, 2.45) is 17.8 Å². The Morgan fingerprint density at radius 2 is 1.82 bits per heavy atom. The smallest absolute Gasteiger partial charge is 0.381 e. The molecule has 0 radical (unpaired) electrons. The number of hydrogen-bond donors (Lipinski definition) is 2. The molecule has 5 rings (SSSR count). The quantitative estimate of drug-likeness (QED) is 0.482. The number of nitrogens with two attached hydrogens (primary N) is 1. The first-order valence-electron chi connectivity index (χ1n) is 10.4. The topological polar surface area (TPSA) is 128 Å². The van der Waals surface area contributed by atoms with Crippen molar-refractivity contribution in [1.82, 2.24) is 25.1 Å². The zero-order chi connectivity index (χ0) is 23.0. The Labute approximate surface area is 186 Å². The Morgan fingerprint density at radius 3 is 2.55 bits per heavy atom. The van der Waals surface area contributed by atoms with Gasteiger partial charge in [0.25, 0.3) is 0 Å². The van der Waals surface area contributed by atoms with Gasteiger partial charge in [-0.1, -0.05) is 23.4 Å². The number of hydrogen-bond acceptors (Lipinski definition) is 10. The monoisotopic (exact) mass is 462 g/mol. The molecule has 1 aliphatic carbocycles. The number of ether oxygens (including phenoxy) is 1. The zero-order valence-electron chi connectivity index (χ0n) is 17.4. The number of alkyl halides is 3. The molecule has 33 heavy (non-hydrogen) atoms. The predicted molar refractivity (Wildman–Crippen MR) is 111 cm³/mol. The third kappa shape index (κ3) is 4.97. The molecule has 1 unspecified atom stereocenters. The van der Waals surface area contributed by atoms with Crippen LogP contribution in [-0.2, 0) is 4.74 Å². The van der Waals surface area contributed by atoms with Crippen LogP contribution in [0.3, 0.4) is 0 Å². The summed E-state index contributed by atoms with van der Waals surface area (Å²) in [6, 6.07) is 9.70. The molecule has 0 spiro atoms. The minimum Gasteiger partial charge on any atom is -0.381 e. The minimum atomic E-state index is -4.19. The molecule has 2 fully saturated rings. The number of nitrogens with zero attached hydrogens (tertiary/aromatic N) is 6. The highest BCUT2D eigenvalue weighted by Crippen LogP contribution is 2.52. The van der Waals surface area contributed by atoms with Crippen LogP contribution in [-0.4, -0.2) is 57.6 Å². The van der Waals surface area contributed by atoms with E-state index in [4.69, 9.17) is 15.0 Å². The Kier molecular flexibility index (Phi) is 5.48. The number of piperidine rings is 1. The van der Waals surface area contributed by atoms with Crippen LogP contribution in [0.4, 0.5) is 36.8 Å². The van der Waals surface area contributed by atoms with Crippen molar-refractivity contribution in [2.45, 2.75) is 12.6 Å². The largest absolute Gasteiger partial charge is 0.391 e. The van der Waals surface area contributed by atoms with Crippen molar-refractivity contribution in [3.05, 3.63) is 30.3 Å². The Balaban J connectivity index is 1.18. The molecule has 2 aliphatic rings. The summed E-state index contributed by atoms with van der Waals surface area (Å²) in [5.74, 6) is 1.60. The van der Waals surface area contributed by atoms with E-state index in [1.807, 2.05) is 35.2 Å². The number of rotatable bonds is 8. The Hall–Kier alpha value is -3.48. The third-order valence-corrected chi connectivity index (χ3v) is 5.78. The molecule has 1 saturated carbocycles. The molecule has 0 amide bonds. The van der Waals surface area contributed by atoms with Crippen LogP contribution >= 0.6 is 0 Å². The highest BCUT2D eigenvalue weighted by atomic mass is 19.4. The molecular formula is C20H21F3N8O2. The molecule has 0 bridgehead atoms. The molecular weight excluding hydrogens is 441 g/mol. The minimum absolute atomic E-state index is 0.0144. The highest BCUT2D eigenvalue weighted by Gasteiger charge is 2.56. The van der Waals surface area contributed by atoms with E-state index in [-0.39, 0.29) is 36.1 Å². The van der Waals surface area contributed by atoms with E-state index in [0.717, 1.165) is 5.69 Å². The van der Waals surface area contributed by atoms with Gasteiger partial charge in [-0.15, -0.1) is 0 Å². The normalized spacial score (nSPS) is 21.8. The summed E-state index contributed by atoms with van der Waals surface area (Å²) in [7, 11) is 0. The van der Waals surface area contributed by atoms with Gasteiger partial charge in [-0.25, -0.2) is 0 Å². The zero-order valence-corrected chi connectivity index (χ0v) is 17.4. The average Bonchev–Trinajstić information content (AvgIpc) is 3.14. The van der Waals surface area contributed by atoms with Gasteiger partial charge in [0.2, 0.25) is 23.5 Å². The van der Waals surface area contributed by atoms with Crippen molar-refractivity contribution >= 4 is 23.6 Å². The summed E-state index contributed by atoms with van der Waals surface area (Å²) in [6.45, 7) is 1.40. The lowest BCUT2D eigenvalue weighted by Crippen LogP contribution is -2.25. The van der Waals surface area contributed by atoms with Gasteiger partial charge < -0.3 is 25.2 Å². The highest BCUT2D eigenvalue weighted by molar-refractivity contribution is 5.57. The van der Waals surface area contributed by atoms with E-state index >= 15 is 0 Å². The van der Waals surface area contributed by atoms with Gasteiger partial charge in [-0.3, -0.25) is 0 Å². The summed E-state index contributed by atoms with van der Waals surface area (Å²) >= 11 is 0. The Morgan fingerprint density at radius 1 is 1.06 bits per heavy atom. The fourth-order valence-electron chi connectivity index (χ4n) is 4.09. The van der Waals surface area contributed by atoms with Crippen molar-refractivity contribution < 1.29 is 22.4 Å². The number of benzene rings is 1. The maximum Gasteiger partial charge on any atom is 0.391 e. The van der Waals surface area contributed by atoms with Gasteiger partial charge >= 0.3 is 12.2 Å². The predicted octanol–water partition coefficient (Wildman–Crippen LogP) is 2.90. The molecule has 3 heterocycles. The third-order valence-electron chi connectivity index (χ3n) is 5.78.